The SMILES string of the molecule is CCC(NCC(O)COc1ccccc1)c1ccc(C)cc1.Cl. The summed E-state index contributed by atoms with van der Waals surface area (Å²) < 4.78 is 5.57. The maximum atomic E-state index is 10.1. The van der Waals surface area contributed by atoms with Crippen LogP contribution >= 0.6 is 12.4 Å². The number of halogens is 1. The van der Waals surface area contributed by atoms with Crippen LogP contribution in [0.2, 0.25) is 0 Å². The normalized spacial score (nSPS) is 13.0. The predicted octanol–water partition coefficient (Wildman–Crippen LogP) is 3.90. The molecule has 0 aliphatic heterocycles. The van der Waals surface area contributed by atoms with E-state index in [-0.39, 0.29) is 18.4 Å². The molecule has 2 aromatic rings. The van der Waals surface area contributed by atoms with Gasteiger partial charge in [-0.3, -0.25) is 0 Å². The van der Waals surface area contributed by atoms with Gasteiger partial charge in [-0.15, -0.1) is 12.4 Å². The van der Waals surface area contributed by atoms with E-state index in [0.717, 1.165) is 12.2 Å². The summed E-state index contributed by atoms with van der Waals surface area (Å²) in [5.41, 5.74) is 2.51. The molecule has 0 amide bonds. The van der Waals surface area contributed by atoms with Crippen molar-refractivity contribution in [2.24, 2.45) is 0 Å². The summed E-state index contributed by atoms with van der Waals surface area (Å²) in [6, 6.07) is 18.3. The van der Waals surface area contributed by atoms with Crippen molar-refractivity contribution in [3.63, 3.8) is 0 Å². The number of benzene rings is 2. The standard InChI is InChI=1S/C19H25NO2.ClH/c1-3-19(16-11-9-15(2)10-12-16)20-13-17(21)14-22-18-7-5-4-6-8-18;/h4-12,17,19-21H,3,13-14H2,1-2H3;1H. The van der Waals surface area contributed by atoms with Gasteiger partial charge in [0.25, 0.3) is 0 Å². The summed E-state index contributed by atoms with van der Waals surface area (Å²) in [5.74, 6) is 0.784. The summed E-state index contributed by atoms with van der Waals surface area (Å²) >= 11 is 0. The van der Waals surface area contributed by atoms with E-state index in [9.17, 15) is 5.11 Å². The number of aliphatic hydroxyl groups excluding tert-OH is 1. The van der Waals surface area contributed by atoms with Gasteiger partial charge >= 0.3 is 0 Å². The third-order valence-electron chi connectivity index (χ3n) is 3.67. The minimum atomic E-state index is -0.528. The monoisotopic (exact) mass is 335 g/mol. The van der Waals surface area contributed by atoms with Crippen LogP contribution in [0.15, 0.2) is 54.6 Å². The molecule has 0 spiro atoms. The van der Waals surface area contributed by atoms with E-state index >= 15 is 0 Å². The van der Waals surface area contributed by atoms with Gasteiger partial charge in [0, 0.05) is 12.6 Å². The lowest BCUT2D eigenvalue weighted by Gasteiger charge is -2.20. The summed E-state index contributed by atoms with van der Waals surface area (Å²) in [7, 11) is 0. The lowest BCUT2D eigenvalue weighted by molar-refractivity contribution is 0.103. The molecule has 0 bridgehead atoms. The fourth-order valence-corrected chi connectivity index (χ4v) is 2.34. The highest BCUT2D eigenvalue weighted by atomic mass is 35.5. The number of aliphatic hydroxyl groups is 1. The van der Waals surface area contributed by atoms with Crippen molar-refractivity contribution in [1.82, 2.24) is 5.32 Å². The second-order valence-corrected chi connectivity index (χ2v) is 5.56. The molecular weight excluding hydrogens is 310 g/mol. The third kappa shape index (κ3) is 6.61. The molecule has 0 fully saturated rings. The molecule has 0 aliphatic carbocycles. The van der Waals surface area contributed by atoms with Crippen LogP contribution in [0.5, 0.6) is 5.75 Å². The predicted molar refractivity (Wildman–Crippen MR) is 97.4 cm³/mol. The van der Waals surface area contributed by atoms with Crippen molar-refractivity contribution in [3.8, 4) is 5.75 Å². The zero-order valence-electron chi connectivity index (χ0n) is 13.7. The van der Waals surface area contributed by atoms with Gasteiger partial charge in [0.05, 0.1) is 0 Å². The first-order valence-electron chi connectivity index (χ1n) is 7.85. The van der Waals surface area contributed by atoms with E-state index in [2.05, 4.69) is 43.4 Å². The van der Waals surface area contributed by atoms with E-state index in [1.165, 1.54) is 11.1 Å². The summed E-state index contributed by atoms with van der Waals surface area (Å²) in [5, 5.41) is 13.5. The highest BCUT2D eigenvalue weighted by Crippen LogP contribution is 2.17. The Hall–Kier alpha value is -1.55. The maximum absolute atomic E-state index is 10.1. The Labute approximate surface area is 145 Å². The van der Waals surface area contributed by atoms with Gasteiger partial charge in [0.2, 0.25) is 0 Å². The van der Waals surface area contributed by atoms with E-state index < -0.39 is 6.10 Å². The van der Waals surface area contributed by atoms with Crippen LogP contribution in [-0.4, -0.2) is 24.4 Å². The minimum Gasteiger partial charge on any atom is -0.491 e. The second kappa shape index (κ2) is 10.3. The first-order valence-corrected chi connectivity index (χ1v) is 7.85. The molecule has 2 N–H and O–H groups in total. The molecular formula is C19H26ClNO2. The number of ether oxygens (including phenoxy) is 1. The molecule has 0 aromatic heterocycles. The Morgan fingerprint density at radius 2 is 1.70 bits per heavy atom. The molecule has 2 unspecified atom stereocenters. The zero-order valence-corrected chi connectivity index (χ0v) is 14.6. The lowest BCUT2D eigenvalue weighted by atomic mass is 10.0. The van der Waals surface area contributed by atoms with Crippen molar-refractivity contribution >= 4 is 12.4 Å². The molecule has 0 heterocycles. The highest BCUT2D eigenvalue weighted by Gasteiger charge is 2.11. The maximum Gasteiger partial charge on any atom is 0.119 e. The Balaban J connectivity index is 0.00000264. The average molecular weight is 336 g/mol. The van der Waals surface area contributed by atoms with Crippen LogP contribution in [0.4, 0.5) is 0 Å². The molecule has 23 heavy (non-hydrogen) atoms. The molecule has 0 radical (unpaired) electrons. The van der Waals surface area contributed by atoms with Gasteiger partial charge in [-0.25, -0.2) is 0 Å². The summed E-state index contributed by atoms with van der Waals surface area (Å²) in [6.07, 6.45) is 0.453. The van der Waals surface area contributed by atoms with Crippen LogP contribution in [0.3, 0.4) is 0 Å². The van der Waals surface area contributed by atoms with Crippen molar-refractivity contribution in [3.05, 3.63) is 65.7 Å². The molecule has 2 atom stereocenters. The largest absolute Gasteiger partial charge is 0.491 e. The van der Waals surface area contributed by atoms with Gasteiger partial charge in [-0.2, -0.15) is 0 Å². The van der Waals surface area contributed by atoms with Gasteiger partial charge in [-0.05, 0) is 31.0 Å². The Morgan fingerprint density at radius 1 is 1.04 bits per heavy atom. The topological polar surface area (TPSA) is 41.5 Å². The molecule has 3 nitrogen and oxygen atoms in total. The number of rotatable bonds is 8. The fraction of sp³-hybridized carbons (Fsp3) is 0.368. The smallest absolute Gasteiger partial charge is 0.119 e. The molecule has 0 aliphatic rings. The molecule has 0 saturated carbocycles. The molecule has 2 rings (SSSR count). The van der Waals surface area contributed by atoms with Crippen LogP contribution in [-0.2, 0) is 0 Å². The van der Waals surface area contributed by atoms with E-state index in [0.29, 0.717) is 13.2 Å². The first-order chi connectivity index (χ1) is 10.7. The summed E-state index contributed by atoms with van der Waals surface area (Å²) in [4.78, 5) is 0. The lowest BCUT2D eigenvalue weighted by Crippen LogP contribution is -2.33. The van der Waals surface area contributed by atoms with Crippen molar-refractivity contribution in [1.29, 1.82) is 0 Å². The minimum absolute atomic E-state index is 0. The second-order valence-electron chi connectivity index (χ2n) is 5.56. The molecule has 4 heteroatoms. The Morgan fingerprint density at radius 3 is 2.30 bits per heavy atom. The Kier molecular flexibility index (Phi) is 8.70. The van der Waals surface area contributed by atoms with Crippen molar-refractivity contribution in [2.45, 2.75) is 32.4 Å². The van der Waals surface area contributed by atoms with Crippen molar-refractivity contribution in [2.75, 3.05) is 13.2 Å². The number of hydrogen-bond acceptors (Lipinski definition) is 3. The van der Waals surface area contributed by atoms with Crippen LogP contribution in [0.1, 0.15) is 30.5 Å². The average Bonchev–Trinajstić information content (AvgIpc) is 2.56. The van der Waals surface area contributed by atoms with Gasteiger partial charge < -0.3 is 15.2 Å². The Bertz CT molecular complexity index is 545. The van der Waals surface area contributed by atoms with Crippen LogP contribution in [0, 0.1) is 6.92 Å². The van der Waals surface area contributed by atoms with Crippen LogP contribution < -0.4 is 10.1 Å². The van der Waals surface area contributed by atoms with Crippen LogP contribution in [0.25, 0.3) is 0 Å². The first kappa shape index (κ1) is 19.5. The molecule has 126 valence electrons. The van der Waals surface area contributed by atoms with E-state index in [1.807, 2.05) is 30.3 Å². The molecule has 2 aromatic carbocycles. The quantitative estimate of drug-likeness (QED) is 0.768. The summed E-state index contributed by atoms with van der Waals surface area (Å²) in [6.45, 7) is 5.04. The third-order valence-corrected chi connectivity index (χ3v) is 3.67. The number of para-hydroxylation sites is 1. The molecule has 0 saturated heterocycles. The highest BCUT2D eigenvalue weighted by molar-refractivity contribution is 5.85. The fourth-order valence-electron chi connectivity index (χ4n) is 2.34. The number of aryl methyl sites for hydroxylation is 1. The number of nitrogens with one attached hydrogen (secondary N) is 1. The number of hydrogen-bond donors (Lipinski definition) is 2. The van der Waals surface area contributed by atoms with E-state index in [4.69, 9.17) is 4.74 Å². The van der Waals surface area contributed by atoms with Gasteiger partial charge in [0.15, 0.2) is 0 Å². The van der Waals surface area contributed by atoms with E-state index in [1.54, 1.807) is 0 Å². The van der Waals surface area contributed by atoms with Gasteiger partial charge in [0.1, 0.15) is 18.5 Å². The zero-order chi connectivity index (χ0) is 15.8. The van der Waals surface area contributed by atoms with Gasteiger partial charge in [-0.1, -0.05) is 55.0 Å². The van der Waals surface area contributed by atoms with Crippen molar-refractivity contribution < 1.29 is 9.84 Å².